The molecule has 2 aliphatic heterocycles. The van der Waals surface area contributed by atoms with Crippen LogP contribution in [0.2, 0.25) is 0 Å². The van der Waals surface area contributed by atoms with Crippen LogP contribution in [0.15, 0.2) is 29.1 Å². The molecule has 0 saturated heterocycles. The molecule has 0 spiro atoms. The number of hydrogen-bond acceptors (Lipinski definition) is 6. The molecule has 1 aromatic carbocycles. The zero-order valence-corrected chi connectivity index (χ0v) is 18.8. The number of cyclic esters (lactones) is 1. The number of halogens is 1. The van der Waals surface area contributed by atoms with E-state index in [-0.39, 0.29) is 35.5 Å². The second kappa shape index (κ2) is 7.32. The fourth-order valence-corrected chi connectivity index (χ4v) is 4.84. The Labute approximate surface area is 189 Å². The van der Waals surface area contributed by atoms with Crippen molar-refractivity contribution in [2.45, 2.75) is 57.9 Å². The molecule has 0 radical (unpaired) electrons. The molecule has 0 saturated carbocycles. The first-order chi connectivity index (χ1) is 15.3. The van der Waals surface area contributed by atoms with Crippen molar-refractivity contribution in [1.82, 2.24) is 9.55 Å². The zero-order valence-electron chi connectivity index (χ0n) is 18.1. The average molecular weight is 455 g/mol. The summed E-state index contributed by atoms with van der Waals surface area (Å²) in [6, 6.07) is 8.06. The Morgan fingerprint density at radius 3 is 2.81 bits per heavy atom. The molecule has 1 N–H and O–H groups in total. The lowest BCUT2D eigenvalue weighted by molar-refractivity contribution is -0.172. The molecule has 0 aliphatic carbocycles. The minimum absolute atomic E-state index is 0.0206. The van der Waals surface area contributed by atoms with Gasteiger partial charge >= 0.3 is 5.97 Å². The van der Waals surface area contributed by atoms with E-state index in [0.29, 0.717) is 17.9 Å². The first-order valence-corrected chi connectivity index (χ1v) is 11.2. The summed E-state index contributed by atoms with van der Waals surface area (Å²) in [6.45, 7) is 5.44. The minimum Gasteiger partial charge on any atom is -0.472 e. The molecule has 8 heteroatoms. The molecule has 0 fully saturated rings. The first-order valence-electron chi connectivity index (χ1n) is 10.7. The summed E-state index contributed by atoms with van der Waals surface area (Å²) < 4.78 is 12.7. The van der Waals surface area contributed by atoms with E-state index < -0.39 is 17.1 Å². The van der Waals surface area contributed by atoms with Gasteiger partial charge in [0.1, 0.15) is 12.3 Å². The number of aryl methyl sites for hydroxylation is 1. The number of hydrogen-bond donors (Lipinski definition) is 1. The number of aromatic nitrogens is 2. The van der Waals surface area contributed by atoms with E-state index in [4.69, 9.17) is 26.1 Å². The Kier molecular flexibility index (Phi) is 4.80. The number of benzene rings is 1. The van der Waals surface area contributed by atoms with Crippen LogP contribution in [0.4, 0.5) is 0 Å². The highest BCUT2D eigenvalue weighted by atomic mass is 35.5. The van der Waals surface area contributed by atoms with Gasteiger partial charge in [-0.25, -0.2) is 9.78 Å². The van der Waals surface area contributed by atoms with Gasteiger partial charge in [0.2, 0.25) is 0 Å². The van der Waals surface area contributed by atoms with Crippen molar-refractivity contribution in [1.29, 1.82) is 0 Å². The number of pyridine rings is 2. The van der Waals surface area contributed by atoms with Crippen molar-refractivity contribution in [3.05, 3.63) is 56.9 Å². The van der Waals surface area contributed by atoms with Gasteiger partial charge in [-0.3, -0.25) is 9.36 Å². The number of nitrogens with zero attached hydrogens (tertiary/aromatic N) is 2. The fraction of sp³-hybridized carbons (Fsp3) is 0.375. The number of esters is 1. The van der Waals surface area contributed by atoms with E-state index in [1.165, 1.54) is 0 Å². The SMILES string of the molecule is CCc1cccc2cc3c(nc12)-c1c(OC(C)Cl)c2c(c(=O)n1C3)COC(=O)[C@]2(O)CC. The van der Waals surface area contributed by atoms with Gasteiger partial charge in [-0.1, -0.05) is 43.6 Å². The van der Waals surface area contributed by atoms with Crippen LogP contribution in [0.3, 0.4) is 0 Å². The third-order valence-electron chi connectivity index (χ3n) is 6.35. The quantitative estimate of drug-likeness (QED) is 0.374. The van der Waals surface area contributed by atoms with Gasteiger partial charge in [0.15, 0.2) is 16.9 Å². The molecule has 0 bridgehead atoms. The number of ether oxygens (including phenoxy) is 2. The lowest BCUT2D eigenvalue weighted by Crippen LogP contribution is -2.45. The van der Waals surface area contributed by atoms with Gasteiger partial charge in [-0.05, 0) is 31.4 Å². The van der Waals surface area contributed by atoms with Crippen molar-refractivity contribution >= 4 is 28.5 Å². The highest BCUT2D eigenvalue weighted by molar-refractivity contribution is 6.19. The van der Waals surface area contributed by atoms with E-state index in [1.54, 1.807) is 18.4 Å². The zero-order chi connectivity index (χ0) is 22.8. The number of carbonyl (C=O) groups excluding carboxylic acids is 1. The molecular weight excluding hydrogens is 432 g/mol. The molecule has 5 rings (SSSR count). The van der Waals surface area contributed by atoms with Gasteiger partial charge < -0.3 is 14.6 Å². The summed E-state index contributed by atoms with van der Waals surface area (Å²) in [7, 11) is 0. The van der Waals surface area contributed by atoms with Crippen LogP contribution in [0.1, 0.15) is 49.4 Å². The fourth-order valence-electron chi connectivity index (χ4n) is 4.75. The standard InChI is InChI=1S/C24H23ClN2O5/c1-4-13-7-6-8-14-9-15-10-27-20(19(15)26-18(13)14)21(32-12(3)25)17-16(22(27)28)11-31-23(29)24(17,30)5-2/h6-9,12,30H,4-5,10-11H2,1-3H3/t12?,24-/m0/s1. The van der Waals surface area contributed by atoms with E-state index in [2.05, 4.69) is 6.92 Å². The number of alkyl halides is 1. The third kappa shape index (κ3) is 2.81. The second-order valence-corrected chi connectivity index (χ2v) is 8.83. The molecule has 32 heavy (non-hydrogen) atoms. The molecule has 1 unspecified atom stereocenters. The van der Waals surface area contributed by atoms with Crippen LogP contribution in [0.5, 0.6) is 5.75 Å². The van der Waals surface area contributed by atoms with Gasteiger partial charge in [-0.2, -0.15) is 0 Å². The average Bonchev–Trinajstić information content (AvgIpc) is 3.15. The summed E-state index contributed by atoms with van der Waals surface area (Å²) in [4.78, 5) is 31.0. The number of fused-ring (bicyclic) bond motifs is 5. The van der Waals surface area contributed by atoms with Crippen molar-refractivity contribution in [3.8, 4) is 17.1 Å². The number of carbonyl (C=O) groups is 1. The van der Waals surface area contributed by atoms with E-state index in [9.17, 15) is 14.7 Å². The van der Waals surface area contributed by atoms with Crippen LogP contribution in [-0.2, 0) is 34.7 Å². The summed E-state index contributed by atoms with van der Waals surface area (Å²) in [6.07, 6.45) is 0.830. The van der Waals surface area contributed by atoms with Gasteiger partial charge in [0, 0.05) is 10.9 Å². The minimum atomic E-state index is -2.00. The summed E-state index contributed by atoms with van der Waals surface area (Å²) in [5.41, 5.74) is 1.08. The van der Waals surface area contributed by atoms with Gasteiger partial charge in [-0.15, -0.1) is 0 Å². The molecule has 166 valence electrons. The first kappa shape index (κ1) is 21.0. The number of para-hydroxylation sites is 1. The van der Waals surface area contributed by atoms with E-state index in [0.717, 1.165) is 28.5 Å². The summed E-state index contributed by atoms with van der Waals surface area (Å²) in [5.74, 6) is -0.593. The van der Waals surface area contributed by atoms with Gasteiger partial charge in [0.25, 0.3) is 5.56 Å². The predicted octanol–water partition coefficient (Wildman–Crippen LogP) is 3.61. The van der Waals surface area contributed by atoms with Crippen molar-refractivity contribution < 1.29 is 19.4 Å². The molecule has 2 aromatic heterocycles. The van der Waals surface area contributed by atoms with Crippen LogP contribution in [0, 0.1) is 0 Å². The maximum absolute atomic E-state index is 13.5. The molecular formula is C24H23ClN2O5. The Hall–Kier alpha value is -2.90. The van der Waals surface area contributed by atoms with Crippen molar-refractivity contribution in [2.24, 2.45) is 0 Å². The Morgan fingerprint density at radius 2 is 2.12 bits per heavy atom. The van der Waals surface area contributed by atoms with E-state index in [1.807, 2.05) is 24.3 Å². The molecule has 3 aromatic rings. The topological polar surface area (TPSA) is 90.6 Å². The molecule has 7 nitrogen and oxygen atoms in total. The van der Waals surface area contributed by atoms with Crippen LogP contribution >= 0.6 is 11.6 Å². The maximum Gasteiger partial charge on any atom is 0.343 e. The van der Waals surface area contributed by atoms with Crippen LogP contribution in [0.25, 0.3) is 22.3 Å². The Morgan fingerprint density at radius 1 is 1.34 bits per heavy atom. The number of rotatable bonds is 4. The number of aliphatic hydroxyl groups is 1. The van der Waals surface area contributed by atoms with Crippen LogP contribution < -0.4 is 10.3 Å². The smallest absolute Gasteiger partial charge is 0.343 e. The van der Waals surface area contributed by atoms with Crippen molar-refractivity contribution in [3.63, 3.8) is 0 Å². The summed E-state index contributed by atoms with van der Waals surface area (Å²) in [5, 5.41) is 12.3. The van der Waals surface area contributed by atoms with Crippen LogP contribution in [-0.4, -0.2) is 26.2 Å². The molecule has 0 amide bonds. The van der Waals surface area contributed by atoms with Gasteiger partial charge in [0.05, 0.1) is 28.9 Å². The molecule has 4 heterocycles. The second-order valence-electron chi connectivity index (χ2n) is 8.21. The third-order valence-corrected chi connectivity index (χ3v) is 6.44. The molecule has 2 aliphatic rings. The Balaban J connectivity index is 1.90. The predicted molar refractivity (Wildman–Crippen MR) is 120 cm³/mol. The van der Waals surface area contributed by atoms with E-state index >= 15 is 0 Å². The maximum atomic E-state index is 13.5. The highest BCUT2D eigenvalue weighted by Crippen LogP contribution is 2.47. The Bertz CT molecular complexity index is 1350. The highest BCUT2D eigenvalue weighted by Gasteiger charge is 2.49. The largest absolute Gasteiger partial charge is 0.472 e. The molecule has 2 atom stereocenters. The lowest BCUT2D eigenvalue weighted by atomic mass is 9.85. The summed E-state index contributed by atoms with van der Waals surface area (Å²) >= 11 is 6.21. The lowest BCUT2D eigenvalue weighted by Gasteiger charge is -2.34. The van der Waals surface area contributed by atoms with Crippen molar-refractivity contribution in [2.75, 3.05) is 0 Å². The monoisotopic (exact) mass is 454 g/mol. The normalized spacial score (nSPS) is 19.8.